The number of carbonyl (C=O) groups is 1. The van der Waals surface area contributed by atoms with Crippen molar-refractivity contribution in [3.63, 3.8) is 0 Å². The fourth-order valence-electron chi connectivity index (χ4n) is 3.59. The Kier molecular flexibility index (Phi) is 7.25. The van der Waals surface area contributed by atoms with E-state index in [1.54, 1.807) is 0 Å². The third-order valence-electron chi connectivity index (χ3n) is 5.06. The number of nitrogens with zero attached hydrogens (tertiary/aromatic N) is 1. The minimum absolute atomic E-state index is 0.283. The van der Waals surface area contributed by atoms with Gasteiger partial charge in [-0.05, 0) is 43.7 Å². The average Bonchev–Trinajstić information content (AvgIpc) is 3.00. The summed E-state index contributed by atoms with van der Waals surface area (Å²) in [5.41, 5.74) is 1.36. The molecule has 1 saturated heterocycles. The second kappa shape index (κ2) is 9.19. The Morgan fingerprint density at radius 3 is 2.62 bits per heavy atom. The van der Waals surface area contributed by atoms with Crippen molar-refractivity contribution in [2.45, 2.75) is 46.2 Å². The van der Waals surface area contributed by atoms with Crippen molar-refractivity contribution >= 4 is 5.97 Å². The lowest BCUT2D eigenvalue weighted by atomic mass is 9.95. The van der Waals surface area contributed by atoms with Crippen molar-refractivity contribution in [1.82, 2.24) is 10.2 Å². The van der Waals surface area contributed by atoms with Crippen LogP contribution in [0.3, 0.4) is 0 Å². The van der Waals surface area contributed by atoms with Crippen LogP contribution in [0.15, 0.2) is 30.3 Å². The van der Waals surface area contributed by atoms with Gasteiger partial charge in [0.15, 0.2) is 0 Å². The van der Waals surface area contributed by atoms with Crippen LogP contribution in [0.2, 0.25) is 0 Å². The number of hydrogen-bond donors (Lipinski definition) is 2. The molecule has 0 amide bonds. The number of hydrogen-bond acceptors (Lipinski definition) is 3. The molecular weight excluding hydrogens is 300 g/mol. The summed E-state index contributed by atoms with van der Waals surface area (Å²) in [5.74, 6) is 0.0491. The monoisotopic (exact) mass is 332 g/mol. The SMILES string of the molecule is CC(C)CC(CNC(C)C1CCN(Cc2ccccc2)C1)C(=O)O. The molecule has 1 aliphatic heterocycles. The Labute approximate surface area is 146 Å². The first-order valence-corrected chi connectivity index (χ1v) is 9.18. The molecule has 0 aliphatic carbocycles. The summed E-state index contributed by atoms with van der Waals surface area (Å²) >= 11 is 0. The number of likely N-dealkylation sites (tertiary alicyclic amines) is 1. The van der Waals surface area contributed by atoms with Gasteiger partial charge in [0, 0.05) is 25.7 Å². The van der Waals surface area contributed by atoms with Crippen LogP contribution in [0.5, 0.6) is 0 Å². The van der Waals surface area contributed by atoms with Crippen molar-refractivity contribution < 1.29 is 9.90 Å². The quantitative estimate of drug-likeness (QED) is 0.729. The third-order valence-corrected chi connectivity index (χ3v) is 5.06. The van der Waals surface area contributed by atoms with E-state index in [0.29, 0.717) is 24.4 Å². The first-order valence-electron chi connectivity index (χ1n) is 9.18. The van der Waals surface area contributed by atoms with Gasteiger partial charge in [-0.15, -0.1) is 0 Å². The zero-order chi connectivity index (χ0) is 17.5. The molecule has 4 heteroatoms. The van der Waals surface area contributed by atoms with Gasteiger partial charge in [0.05, 0.1) is 5.92 Å². The molecule has 1 heterocycles. The third kappa shape index (κ3) is 5.91. The van der Waals surface area contributed by atoms with Crippen molar-refractivity contribution in [1.29, 1.82) is 0 Å². The summed E-state index contributed by atoms with van der Waals surface area (Å²) in [4.78, 5) is 13.9. The highest BCUT2D eigenvalue weighted by Crippen LogP contribution is 2.22. The van der Waals surface area contributed by atoms with Crippen LogP contribution in [-0.2, 0) is 11.3 Å². The molecule has 1 fully saturated rings. The van der Waals surface area contributed by atoms with Crippen LogP contribution in [0.4, 0.5) is 0 Å². The molecule has 1 aromatic carbocycles. The van der Waals surface area contributed by atoms with Gasteiger partial charge in [-0.25, -0.2) is 0 Å². The van der Waals surface area contributed by atoms with Gasteiger partial charge in [-0.2, -0.15) is 0 Å². The summed E-state index contributed by atoms with van der Waals surface area (Å²) in [6.45, 7) is 10.2. The number of rotatable bonds is 9. The molecule has 3 unspecified atom stereocenters. The minimum atomic E-state index is -0.680. The maximum absolute atomic E-state index is 11.4. The van der Waals surface area contributed by atoms with Gasteiger partial charge < -0.3 is 10.4 Å². The highest BCUT2D eigenvalue weighted by Gasteiger charge is 2.28. The molecule has 0 bridgehead atoms. The molecule has 0 spiro atoms. The van der Waals surface area contributed by atoms with Crippen LogP contribution in [0.25, 0.3) is 0 Å². The van der Waals surface area contributed by atoms with E-state index in [1.165, 1.54) is 12.0 Å². The average molecular weight is 332 g/mol. The fraction of sp³-hybridized carbons (Fsp3) is 0.650. The van der Waals surface area contributed by atoms with Crippen LogP contribution in [0, 0.1) is 17.8 Å². The summed E-state index contributed by atoms with van der Waals surface area (Å²) in [7, 11) is 0. The first kappa shape index (κ1) is 18.9. The number of aliphatic carboxylic acids is 1. The van der Waals surface area contributed by atoms with Crippen molar-refractivity contribution in [3.8, 4) is 0 Å². The van der Waals surface area contributed by atoms with E-state index >= 15 is 0 Å². The summed E-state index contributed by atoms with van der Waals surface area (Å²) in [6, 6.07) is 11.0. The lowest BCUT2D eigenvalue weighted by Crippen LogP contribution is -2.40. The van der Waals surface area contributed by atoms with Crippen LogP contribution < -0.4 is 5.32 Å². The van der Waals surface area contributed by atoms with Gasteiger partial charge in [0.1, 0.15) is 0 Å². The molecule has 1 aromatic rings. The zero-order valence-electron chi connectivity index (χ0n) is 15.2. The molecule has 0 radical (unpaired) electrons. The van der Waals surface area contributed by atoms with E-state index in [2.05, 4.69) is 61.3 Å². The highest BCUT2D eigenvalue weighted by atomic mass is 16.4. The Morgan fingerprint density at radius 2 is 2.00 bits per heavy atom. The van der Waals surface area contributed by atoms with Gasteiger partial charge in [0.25, 0.3) is 0 Å². The lowest BCUT2D eigenvalue weighted by Gasteiger charge is -2.24. The van der Waals surface area contributed by atoms with Gasteiger partial charge >= 0.3 is 5.97 Å². The maximum atomic E-state index is 11.4. The highest BCUT2D eigenvalue weighted by molar-refractivity contribution is 5.70. The second-order valence-electron chi connectivity index (χ2n) is 7.63. The Hall–Kier alpha value is -1.39. The molecule has 0 aromatic heterocycles. The Morgan fingerprint density at radius 1 is 1.29 bits per heavy atom. The topological polar surface area (TPSA) is 52.6 Å². The molecule has 2 N–H and O–H groups in total. The van der Waals surface area contributed by atoms with Crippen LogP contribution >= 0.6 is 0 Å². The fourth-order valence-corrected chi connectivity index (χ4v) is 3.59. The largest absolute Gasteiger partial charge is 0.481 e. The number of carboxylic acids is 1. The van der Waals surface area contributed by atoms with Crippen LogP contribution in [-0.4, -0.2) is 41.7 Å². The summed E-state index contributed by atoms with van der Waals surface area (Å²) < 4.78 is 0. The molecular formula is C20H32N2O2. The van der Waals surface area contributed by atoms with Gasteiger partial charge in [-0.1, -0.05) is 44.2 Å². The first-order chi connectivity index (χ1) is 11.5. The van der Waals surface area contributed by atoms with Crippen molar-refractivity contribution in [3.05, 3.63) is 35.9 Å². The molecule has 0 saturated carbocycles. The molecule has 1 aliphatic rings. The Balaban J connectivity index is 1.77. The van der Waals surface area contributed by atoms with Crippen molar-refractivity contribution in [2.75, 3.05) is 19.6 Å². The zero-order valence-corrected chi connectivity index (χ0v) is 15.2. The van der Waals surface area contributed by atoms with Crippen molar-refractivity contribution in [2.24, 2.45) is 17.8 Å². The van der Waals surface area contributed by atoms with E-state index in [1.807, 2.05) is 0 Å². The number of carboxylic acid groups (broad SMARTS) is 1. The van der Waals surface area contributed by atoms with E-state index < -0.39 is 5.97 Å². The number of nitrogens with one attached hydrogen (secondary N) is 1. The standard InChI is InChI=1S/C20H32N2O2/c1-15(2)11-19(20(23)24)12-21-16(3)18-9-10-22(14-18)13-17-7-5-4-6-8-17/h4-8,15-16,18-19,21H,9-14H2,1-3H3,(H,23,24). The maximum Gasteiger partial charge on any atom is 0.307 e. The summed E-state index contributed by atoms with van der Waals surface area (Å²) in [6.07, 6.45) is 1.92. The van der Waals surface area contributed by atoms with E-state index in [9.17, 15) is 9.90 Å². The van der Waals surface area contributed by atoms with E-state index in [4.69, 9.17) is 0 Å². The van der Waals surface area contributed by atoms with E-state index in [0.717, 1.165) is 26.1 Å². The van der Waals surface area contributed by atoms with Crippen LogP contribution in [0.1, 0.15) is 39.2 Å². The van der Waals surface area contributed by atoms with Gasteiger partial charge in [-0.3, -0.25) is 9.69 Å². The predicted octanol–water partition coefficient (Wildman–Crippen LogP) is 3.23. The summed E-state index contributed by atoms with van der Waals surface area (Å²) in [5, 5.41) is 12.8. The normalized spacial score (nSPS) is 21.1. The van der Waals surface area contributed by atoms with E-state index in [-0.39, 0.29) is 5.92 Å². The smallest absolute Gasteiger partial charge is 0.307 e. The molecule has 3 atom stereocenters. The predicted molar refractivity (Wildman–Crippen MR) is 97.9 cm³/mol. The molecule has 24 heavy (non-hydrogen) atoms. The minimum Gasteiger partial charge on any atom is -0.481 e. The molecule has 2 rings (SSSR count). The lowest BCUT2D eigenvalue weighted by molar-refractivity contribution is -0.142. The molecule has 134 valence electrons. The Bertz CT molecular complexity index is 504. The second-order valence-corrected chi connectivity index (χ2v) is 7.63. The molecule has 4 nitrogen and oxygen atoms in total. The van der Waals surface area contributed by atoms with Gasteiger partial charge in [0.2, 0.25) is 0 Å². The number of benzene rings is 1.